The number of carboxylic acids is 1. The predicted octanol–water partition coefficient (Wildman–Crippen LogP) is 2.77. The maximum atomic E-state index is 12.8. The van der Waals surface area contributed by atoms with E-state index in [1.165, 1.54) is 13.0 Å². The number of Topliss-reactive ketones (excluding diaryl/α,β-unsaturated/α-hetero) is 1. The number of alkyl halides is 3. The van der Waals surface area contributed by atoms with Crippen LogP contribution in [-0.2, 0) is 9.59 Å². The van der Waals surface area contributed by atoms with Crippen LogP contribution >= 0.6 is 15.9 Å². The van der Waals surface area contributed by atoms with Crippen LogP contribution in [0.1, 0.15) is 41.0 Å². The predicted molar refractivity (Wildman–Crippen MR) is 66.3 cm³/mol. The van der Waals surface area contributed by atoms with Crippen molar-refractivity contribution in [2.75, 3.05) is 0 Å². The SMILES string of the molecule is CC(=O)C(Br)c1ccc(C(F)F)c(C(O)C(=O)O)c1. The highest BCUT2D eigenvalue weighted by Gasteiger charge is 2.25. The Hall–Kier alpha value is -1.34. The lowest BCUT2D eigenvalue weighted by atomic mass is 9.97. The summed E-state index contributed by atoms with van der Waals surface area (Å²) in [6.07, 6.45) is -4.97. The van der Waals surface area contributed by atoms with Crippen LogP contribution in [0, 0.1) is 0 Å². The van der Waals surface area contributed by atoms with Crippen LogP contribution in [0.25, 0.3) is 0 Å². The molecule has 2 atom stereocenters. The number of hydrogen-bond acceptors (Lipinski definition) is 3. The van der Waals surface area contributed by atoms with Gasteiger partial charge < -0.3 is 10.2 Å². The number of benzene rings is 1. The number of carboxylic acid groups (broad SMARTS) is 1. The molecule has 0 bridgehead atoms. The normalized spacial score (nSPS) is 14.2. The molecule has 0 spiro atoms. The monoisotopic (exact) mass is 336 g/mol. The van der Waals surface area contributed by atoms with E-state index in [2.05, 4.69) is 15.9 Å². The Morgan fingerprint density at radius 3 is 2.26 bits per heavy atom. The average Bonchev–Trinajstić information content (AvgIpc) is 2.35. The van der Waals surface area contributed by atoms with Crippen LogP contribution in [0.4, 0.5) is 8.78 Å². The molecule has 104 valence electrons. The lowest BCUT2D eigenvalue weighted by Gasteiger charge is -2.15. The highest BCUT2D eigenvalue weighted by Crippen LogP contribution is 2.32. The largest absolute Gasteiger partial charge is 0.479 e. The Balaban J connectivity index is 3.33. The van der Waals surface area contributed by atoms with Gasteiger partial charge in [-0.15, -0.1) is 0 Å². The zero-order valence-electron chi connectivity index (χ0n) is 9.81. The highest BCUT2D eigenvalue weighted by atomic mass is 79.9. The van der Waals surface area contributed by atoms with E-state index in [1.54, 1.807) is 0 Å². The van der Waals surface area contributed by atoms with Gasteiger partial charge in [0.05, 0.1) is 4.83 Å². The molecular weight excluding hydrogens is 326 g/mol. The molecule has 0 aromatic heterocycles. The molecule has 0 saturated heterocycles. The molecule has 0 heterocycles. The van der Waals surface area contributed by atoms with Crippen LogP contribution in [0.3, 0.4) is 0 Å². The highest BCUT2D eigenvalue weighted by molar-refractivity contribution is 9.09. The molecule has 2 N–H and O–H groups in total. The summed E-state index contributed by atoms with van der Waals surface area (Å²) in [6, 6.07) is 3.40. The molecule has 0 radical (unpaired) electrons. The standard InChI is InChI=1S/C12H11BrF2O4/c1-5(16)9(13)6-2-3-7(11(14)15)8(4-6)10(17)12(18)19/h2-4,9-11,17H,1H3,(H,18,19). The Morgan fingerprint density at radius 2 is 1.84 bits per heavy atom. The van der Waals surface area contributed by atoms with Crippen molar-refractivity contribution >= 4 is 27.7 Å². The second kappa shape index (κ2) is 6.21. The maximum absolute atomic E-state index is 12.8. The van der Waals surface area contributed by atoms with Crippen LogP contribution in [0.5, 0.6) is 0 Å². The lowest BCUT2D eigenvalue weighted by Crippen LogP contribution is -2.14. The van der Waals surface area contributed by atoms with Gasteiger partial charge in [-0.25, -0.2) is 13.6 Å². The third kappa shape index (κ3) is 3.57. The molecular formula is C12H11BrF2O4. The topological polar surface area (TPSA) is 74.6 Å². The van der Waals surface area contributed by atoms with Crippen molar-refractivity contribution in [1.82, 2.24) is 0 Å². The van der Waals surface area contributed by atoms with E-state index in [9.17, 15) is 23.5 Å². The summed E-state index contributed by atoms with van der Waals surface area (Å²) in [5.74, 6) is -1.89. The van der Waals surface area contributed by atoms with E-state index in [0.717, 1.165) is 12.1 Å². The van der Waals surface area contributed by atoms with Gasteiger partial charge in [0, 0.05) is 11.1 Å². The maximum Gasteiger partial charge on any atom is 0.337 e. The van der Waals surface area contributed by atoms with Gasteiger partial charge in [0.15, 0.2) is 6.10 Å². The minimum atomic E-state index is -2.91. The van der Waals surface area contributed by atoms with Crippen molar-refractivity contribution in [2.45, 2.75) is 24.3 Å². The number of aliphatic hydroxyl groups excluding tert-OH is 1. The minimum Gasteiger partial charge on any atom is -0.479 e. The number of halogens is 3. The summed E-state index contributed by atoms with van der Waals surface area (Å²) in [6.45, 7) is 1.30. The van der Waals surface area contributed by atoms with E-state index in [-0.39, 0.29) is 5.78 Å². The van der Waals surface area contributed by atoms with Crippen molar-refractivity contribution in [3.8, 4) is 0 Å². The van der Waals surface area contributed by atoms with Gasteiger partial charge in [0.2, 0.25) is 0 Å². The molecule has 0 saturated carbocycles. The summed E-state index contributed by atoms with van der Waals surface area (Å²) in [4.78, 5) is 21.2. The Bertz CT molecular complexity index is 505. The third-order valence-corrected chi connectivity index (χ3v) is 3.70. The molecule has 0 aliphatic heterocycles. The summed E-state index contributed by atoms with van der Waals surface area (Å²) in [7, 11) is 0. The van der Waals surface area contributed by atoms with E-state index < -0.39 is 34.5 Å². The fraction of sp³-hybridized carbons (Fsp3) is 0.333. The van der Waals surface area contributed by atoms with Gasteiger partial charge in [-0.1, -0.05) is 34.1 Å². The molecule has 0 aliphatic rings. The minimum absolute atomic E-state index is 0.263. The smallest absolute Gasteiger partial charge is 0.337 e. The second-order valence-corrected chi connectivity index (χ2v) is 4.82. The van der Waals surface area contributed by atoms with Gasteiger partial charge in [0.25, 0.3) is 6.43 Å². The molecule has 1 rings (SSSR count). The first-order chi connectivity index (χ1) is 8.75. The van der Waals surface area contributed by atoms with Crippen molar-refractivity contribution in [2.24, 2.45) is 0 Å². The number of rotatable bonds is 5. The van der Waals surface area contributed by atoms with Crippen LogP contribution in [0.15, 0.2) is 18.2 Å². The summed E-state index contributed by atoms with van der Waals surface area (Å²) in [5.41, 5.74) is -0.667. The first-order valence-electron chi connectivity index (χ1n) is 5.23. The van der Waals surface area contributed by atoms with Gasteiger partial charge in [-0.2, -0.15) is 0 Å². The van der Waals surface area contributed by atoms with E-state index in [0.29, 0.717) is 5.56 Å². The van der Waals surface area contributed by atoms with E-state index in [4.69, 9.17) is 5.11 Å². The molecule has 2 unspecified atom stereocenters. The molecule has 0 fully saturated rings. The molecule has 7 heteroatoms. The van der Waals surface area contributed by atoms with Gasteiger partial charge >= 0.3 is 5.97 Å². The van der Waals surface area contributed by atoms with Crippen LogP contribution in [-0.4, -0.2) is 22.0 Å². The summed E-state index contributed by atoms with van der Waals surface area (Å²) in [5, 5.41) is 18.1. The Morgan fingerprint density at radius 1 is 1.26 bits per heavy atom. The van der Waals surface area contributed by atoms with Crippen molar-refractivity contribution in [1.29, 1.82) is 0 Å². The first kappa shape index (κ1) is 15.7. The Kier molecular flexibility index (Phi) is 5.13. The van der Waals surface area contributed by atoms with Gasteiger partial charge in [0.1, 0.15) is 5.78 Å². The number of carbonyl (C=O) groups excluding carboxylic acids is 1. The van der Waals surface area contributed by atoms with Gasteiger partial charge in [-0.05, 0) is 12.5 Å². The number of aliphatic carboxylic acids is 1. The van der Waals surface area contributed by atoms with Crippen molar-refractivity contribution in [3.63, 3.8) is 0 Å². The van der Waals surface area contributed by atoms with Crippen molar-refractivity contribution < 1.29 is 28.6 Å². The van der Waals surface area contributed by atoms with Crippen LogP contribution in [0.2, 0.25) is 0 Å². The van der Waals surface area contributed by atoms with E-state index in [1.807, 2.05) is 0 Å². The fourth-order valence-corrected chi connectivity index (χ4v) is 1.84. The molecule has 19 heavy (non-hydrogen) atoms. The molecule has 1 aromatic rings. The summed E-state index contributed by atoms with van der Waals surface area (Å²) < 4.78 is 25.5. The molecule has 4 nitrogen and oxygen atoms in total. The Labute approximate surface area is 116 Å². The fourth-order valence-electron chi connectivity index (χ4n) is 1.55. The number of ketones is 1. The zero-order chi connectivity index (χ0) is 14.7. The van der Waals surface area contributed by atoms with Gasteiger partial charge in [-0.3, -0.25) is 4.79 Å². The number of hydrogen-bond donors (Lipinski definition) is 2. The quantitative estimate of drug-likeness (QED) is 0.811. The average molecular weight is 337 g/mol. The zero-order valence-corrected chi connectivity index (χ0v) is 11.4. The second-order valence-electron chi connectivity index (χ2n) is 3.90. The van der Waals surface area contributed by atoms with E-state index >= 15 is 0 Å². The summed E-state index contributed by atoms with van der Waals surface area (Å²) >= 11 is 3.07. The van der Waals surface area contributed by atoms with Crippen molar-refractivity contribution in [3.05, 3.63) is 34.9 Å². The number of carbonyl (C=O) groups is 2. The number of aliphatic hydroxyl groups is 1. The third-order valence-electron chi connectivity index (χ3n) is 2.52. The molecule has 0 amide bonds. The lowest BCUT2D eigenvalue weighted by molar-refractivity contribution is -0.147. The van der Waals surface area contributed by atoms with Crippen LogP contribution < -0.4 is 0 Å². The first-order valence-corrected chi connectivity index (χ1v) is 6.14. The molecule has 1 aromatic carbocycles. The molecule has 0 aliphatic carbocycles.